The van der Waals surface area contributed by atoms with E-state index in [0.29, 0.717) is 25.5 Å². The number of carbonyl (C=O) groups excluding carboxylic acids is 1. The second-order valence-corrected chi connectivity index (χ2v) is 6.53. The van der Waals surface area contributed by atoms with Gasteiger partial charge in [0, 0.05) is 32.7 Å². The Morgan fingerprint density at radius 3 is 2.55 bits per heavy atom. The molecule has 0 radical (unpaired) electrons. The Morgan fingerprint density at radius 1 is 1.28 bits per heavy atom. The van der Waals surface area contributed by atoms with E-state index in [1.165, 1.54) is 4.90 Å². The minimum atomic E-state index is -4.20. The largest absolute Gasteiger partial charge is 0.497 e. The van der Waals surface area contributed by atoms with Crippen LogP contribution in [0, 0.1) is 0 Å². The topological polar surface area (TPSA) is 78.0 Å². The van der Waals surface area contributed by atoms with Gasteiger partial charge in [-0.15, -0.1) is 24.0 Å². The predicted molar refractivity (Wildman–Crippen MR) is 116 cm³/mol. The maximum atomic E-state index is 12.5. The lowest BCUT2D eigenvalue weighted by Crippen LogP contribution is -2.47. The number of halogens is 4. The highest BCUT2D eigenvalue weighted by atomic mass is 127. The average Bonchev–Trinajstić information content (AvgIpc) is 3.08. The number of methoxy groups -OCH3 is 1. The molecule has 1 aromatic carbocycles. The molecule has 1 fully saturated rings. The molecule has 3 N–H and O–H groups in total. The van der Waals surface area contributed by atoms with Crippen molar-refractivity contribution in [3.05, 3.63) is 29.8 Å². The number of aliphatic imine (C=N–C) groups is 1. The zero-order valence-corrected chi connectivity index (χ0v) is 18.7. The summed E-state index contributed by atoms with van der Waals surface area (Å²) >= 11 is 0. The number of carbonyl (C=O) groups is 1. The fourth-order valence-electron chi connectivity index (χ4n) is 2.91. The van der Waals surface area contributed by atoms with E-state index in [1.807, 2.05) is 24.3 Å². The number of guanidine groups is 1. The number of amides is 1. The zero-order valence-electron chi connectivity index (χ0n) is 16.4. The first kappa shape index (κ1) is 25.3. The maximum Gasteiger partial charge on any atom is 0.401 e. The van der Waals surface area contributed by atoms with Crippen molar-refractivity contribution in [2.45, 2.75) is 25.2 Å². The van der Waals surface area contributed by atoms with Crippen LogP contribution < -0.4 is 20.7 Å². The summed E-state index contributed by atoms with van der Waals surface area (Å²) in [5, 5.41) is 8.72. The number of alkyl halides is 3. The highest BCUT2D eigenvalue weighted by Gasteiger charge is 2.34. The molecule has 1 saturated heterocycles. The monoisotopic (exact) mass is 529 g/mol. The molecular weight excluding hydrogens is 502 g/mol. The van der Waals surface area contributed by atoms with Crippen molar-refractivity contribution in [3.63, 3.8) is 0 Å². The molecule has 29 heavy (non-hydrogen) atoms. The third kappa shape index (κ3) is 9.52. The molecule has 7 nitrogen and oxygen atoms in total. The summed E-state index contributed by atoms with van der Waals surface area (Å²) in [6.45, 7) is 0.131. The number of benzene rings is 1. The molecule has 0 aliphatic carbocycles. The van der Waals surface area contributed by atoms with Crippen LogP contribution >= 0.6 is 24.0 Å². The first-order chi connectivity index (χ1) is 13.3. The number of rotatable bonds is 7. The van der Waals surface area contributed by atoms with Crippen LogP contribution in [0.15, 0.2) is 29.3 Å². The fourth-order valence-corrected chi connectivity index (χ4v) is 2.91. The molecule has 1 aromatic rings. The number of ether oxygens (including phenoxy) is 1. The smallest absolute Gasteiger partial charge is 0.401 e. The number of hydrogen-bond donors (Lipinski definition) is 3. The second-order valence-electron chi connectivity index (χ2n) is 6.53. The number of nitrogens with one attached hydrogen (secondary N) is 3. The lowest BCUT2D eigenvalue weighted by atomic mass is 10.2. The molecule has 1 heterocycles. The Kier molecular flexibility index (Phi) is 10.5. The molecule has 1 aliphatic rings. The van der Waals surface area contributed by atoms with E-state index in [2.05, 4.69) is 20.9 Å². The van der Waals surface area contributed by atoms with E-state index in [4.69, 9.17) is 4.74 Å². The van der Waals surface area contributed by atoms with Gasteiger partial charge in [0.25, 0.3) is 0 Å². The minimum Gasteiger partial charge on any atom is -0.497 e. The number of nitrogens with zero attached hydrogens (tertiary/aromatic N) is 2. The highest BCUT2D eigenvalue weighted by Crippen LogP contribution is 2.19. The van der Waals surface area contributed by atoms with Gasteiger partial charge in [-0.2, -0.15) is 13.2 Å². The van der Waals surface area contributed by atoms with Gasteiger partial charge in [0.1, 0.15) is 5.75 Å². The Bertz CT molecular complexity index is 670. The van der Waals surface area contributed by atoms with Crippen LogP contribution in [0.3, 0.4) is 0 Å². The van der Waals surface area contributed by atoms with Crippen molar-refractivity contribution in [3.8, 4) is 5.75 Å². The Balaban J connectivity index is 0.00000420. The molecule has 0 bridgehead atoms. The van der Waals surface area contributed by atoms with Crippen LogP contribution in [-0.2, 0) is 11.3 Å². The normalized spacial score (nSPS) is 17.4. The molecule has 0 aromatic heterocycles. The summed E-state index contributed by atoms with van der Waals surface area (Å²) in [4.78, 5) is 17.4. The first-order valence-corrected chi connectivity index (χ1v) is 8.95. The van der Waals surface area contributed by atoms with Crippen molar-refractivity contribution in [1.82, 2.24) is 20.9 Å². The summed E-state index contributed by atoms with van der Waals surface area (Å²) < 4.78 is 42.5. The third-order valence-electron chi connectivity index (χ3n) is 4.30. The lowest BCUT2D eigenvalue weighted by Gasteiger charge is -2.19. The molecule has 2 rings (SSSR count). The van der Waals surface area contributed by atoms with Crippen LogP contribution in [0.1, 0.15) is 12.0 Å². The van der Waals surface area contributed by atoms with Crippen molar-refractivity contribution in [2.24, 2.45) is 4.99 Å². The molecule has 1 aliphatic heterocycles. The molecule has 1 atom stereocenters. The van der Waals surface area contributed by atoms with Gasteiger partial charge in [0.15, 0.2) is 5.96 Å². The first-order valence-electron chi connectivity index (χ1n) is 8.95. The minimum absolute atomic E-state index is 0. The SMILES string of the molecule is CN=C(NCC(=O)NCc1ccc(OC)cc1)NC1CCN(CC(F)(F)F)C1.I. The Morgan fingerprint density at radius 2 is 1.97 bits per heavy atom. The molecule has 11 heteroatoms. The Hall–Kier alpha value is -1.76. The molecule has 1 amide bonds. The molecular formula is C18H27F3IN5O2. The molecule has 0 spiro atoms. The van der Waals surface area contributed by atoms with Gasteiger partial charge in [-0.25, -0.2) is 0 Å². The van der Waals surface area contributed by atoms with Crippen LogP contribution in [0.5, 0.6) is 5.75 Å². The van der Waals surface area contributed by atoms with Crippen molar-refractivity contribution in [1.29, 1.82) is 0 Å². The average molecular weight is 529 g/mol. The van der Waals surface area contributed by atoms with Crippen molar-refractivity contribution in [2.75, 3.05) is 40.3 Å². The summed E-state index contributed by atoms with van der Waals surface area (Å²) in [6, 6.07) is 7.21. The zero-order chi connectivity index (χ0) is 20.6. The maximum absolute atomic E-state index is 12.5. The van der Waals surface area contributed by atoms with E-state index < -0.39 is 12.7 Å². The van der Waals surface area contributed by atoms with Gasteiger partial charge in [0.2, 0.25) is 5.91 Å². The Labute approximate surface area is 185 Å². The summed E-state index contributed by atoms with van der Waals surface area (Å²) in [6.07, 6.45) is -3.61. The van der Waals surface area contributed by atoms with E-state index >= 15 is 0 Å². The summed E-state index contributed by atoms with van der Waals surface area (Å²) in [7, 11) is 3.13. The van der Waals surface area contributed by atoms with E-state index in [0.717, 1.165) is 11.3 Å². The predicted octanol–water partition coefficient (Wildman–Crippen LogP) is 1.73. The van der Waals surface area contributed by atoms with Crippen molar-refractivity contribution >= 4 is 35.8 Å². The number of likely N-dealkylation sites (tertiary alicyclic amines) is 1. The van der Waals surface area contributed by atoms with Crippen LogP contribution in [0.2, 0.25) is 0 Å². The van der Waals surface area contributed by atoms with Gasteiger partial charge in [-0.1, -0.05) is 12.1 Å². The summed E-state index contributed by atoms with van der Waals surface area (Å²) in [5.41, 5.74) is 0.937. The number of hydrogen-bond acceptors (Lipinski definition) is 4. The van der Waals surface area contributed by atoms with Crippen LogP contribution in [-0.4, -0.2) is 69.3 Å². The molecule has 164 valence electrons. The fraction of sp³-hybridized carbons (Fsp3) is 0.556. The van der Waals surface area contributed by atoms with Gasteiger partial charge in [0.05, 0.1) is 20.2 Å². The molecule has 0 saturated carbocycles. The van der Waals surface area contributed by atoms with Gasteiger partial charge >= 0.3 is 6.18 Å². The van der Waals surface area contributed by atoms with Crippen LogP contribution in [0.25, 0.3) is 0 Å². The summed E-state index contributed by atoms with van der Waals surface area (Å²) in [5.74, 6) is 0.912. The van der Waals surface area contributed by atoms with E-state index in [9.17, 15) is 18.0 Å². The van der Waals surface area contributed by atoms with Gasteiger partial charge in [-0.3, -0.25) is 14.7 Å². The molecule has 1 unspecified atom stereocenters. The van der Waals surface area contributed by atoms with E-state index in [-0.39, 0.29) is 49.0 Å². The van der Waals surface area contributed by atoms with Crippen molar-refractivity contribution < 1.29 is 22.7 Å². The second kappa shape index (κ2) is 12.1. The van der Waals surface area contributed by atoms with Crippen LogP contribution in [0.4, 0.5) is 13.2 Å². The highest BCUT2D eigenvalue weighted by molar-refractivity contribution is 14.0. The van der Waals surface area contributed by atoms with Gasteiger partial charge < -0.3 is 20.7 Å². The lowest BCUT2D eigenvalue weighted by molar-refractivity contribution is -0.143. The third-order valence-corrected chi connectivity index (χ3v) is 4.30. The standard InChI is InChI=1S/C18H26F3N5O2.HI/c1-22-17(25-14-7-8-26(11-14)12-18(19,20)21)24-10-16(27)23-9-13-3-5-15(28-2)6-4-13;/h3-6,14H,7-12H2,1-2H3,(H,23,27)(H2,22,24,25);1H. The van der Waals surface area contributed by atoms with E-state index in [1.54, 1.807) is 14.2 Å². The quantitative estimate of drug-likeness (QED) is 0.285. The van der Waals surface area contributed by atoms with Gasteiger partial charge in [-0.05, 0) is 24.1 Å².